The molecule has 2 aromatic carbocycles. The van der Waals surface area contributed by atoms with Gasteiger partial charge in [-0.15, -0.1) is 0 Å². The second kappa shape index (κ2) is 11.6. The van der Waals surface area contributed by atoms with Crippen LogP contribution in [0, 0.1) is 18.3 Å². The van der Waals surface area contributed by atoms with E-state index in [2.05, 4.69) is 6.58 Å². The molecule has 1 aromatic heterocycles. The summed E-state index contributed by atoms with van der Waals surface area (Å²) in [4.78, 5) is 27.9. The number of ether oxygens (including phenoxy) is 2. The van der Waals surface area contributed by atoms with Crippen LogP contribution in [-0.2, 0) is 14.3 Å². The smallest absolute Gasteiger partial charge is 0.271 e. The molecule has 3 heterocycles. The molecule has 0 bridgehead atoms. The Morgan fingerprint density at radius 2 is 1.98 bits per heavy atom. The molecule has 8 nitrogen and oxygen atoms in total. The third-order valence-corrected chi connectivity index (χ3v) is 7.10. The van der Waals surface area contributed by atoms with Gasteiger partial charge in [0, 0.05) is 29.5 Å². The minimum absolute atomic E-state index is 0.0413. The molecule has 2 aliphatic heterocycles. The van der Waals surface area contributed by atoms with E-state index in [9.17, 15) is 14.9 Å². The lowest BCUT2D eigenvalue weighted by Gasteiger charge is -2.29. The van der Waals surface area contributed by atoms with E-state index in [0.29, 0.717) is 30.0 Å². The first-order valence-corrected chi connectivity index (χ1v) is 13.2. The van der Waals surface area contributed by atoms with Crippen molar-refractivity contribution < 1.29 is 19.1 Å². The van der Waals surface area contributed by atoms with Gasteiger partial charge in [0.05, 0.1) is 24.0 Å². The zero-order valence-electron chi connectivity index (χ0n) is 22.6. The Morgan fingerprint density at radius 3 is 2.65 bits per heavy atom. The van der Waals surface area contributed by atoms with Gasteiger partial charge in [0.25, 0.3) is 11.8 Å². The Bertz CT molecular complexity index is 1570. The van der Waals surface area contributed by atoms with Gasteiger partial charge in [-0.2, -0.15) is 10.4 Å². The monoisotopic (exact) mass is 534 g/mol. The summed E-state index contributed by atoms with van der Waals surface area (Å²) in [5.41, 5.74) is 4.53. The third-order valence-electron chi connectivity index (χ3n) is 7.10. The van der Waals surface area contributed by atoms with Crippen LogP contribution in [0.15, 0.2) is 84.1 Å². The first kappa shape index (κ1) is 26.9. The van der Waals surface area contributed by atoms with Crippen LogP contribution in [-0.4, -0.2) is 52.4 Å². The van der Waals surface area contributed by atoms with Crippen LogP contribution in [0.2, 0.25) is 0 Å². The zero-order chi connectivity index (χ0) is 28.2. The minimum atomic E-state index is -0.580. The van der Waals surface area contributed by atoms with E-state index in [-0.39, 0.29) is 23.8 Å². The average Bonchev–Trinajstić information content (AvgIpc) is 3.64. The van der Waals surface area contributed by atoms with Gasteiger partial charge < -0.3 is 9.47 Å². The fourth-order valence-electron chi connectivity index (χ4n) is 4.98. The number of aromatic nitrogens is 2. The molecule has 1 fully saturated rings. The summed E-state index contributed by atoms with van der Waals surface area (Å²) < 4.78 is 13.2. The van der Waals surface area contributed by atoms with Crippen LogP contribution in [0.25, 0.3) is 23.0 Å². The van der Waals surface area contributed by atoms with E-state index in [1.54, 1.807) is 23.8 Å². The standard InChI is InChI=1S/C32H30N4O4/c1-4-14-40-29-13-12-23(16-21(29)2)30-24(19-36(34-30)25-9-6-5-7-10-25)17-27-22(3)28(18-33)32(38)35(31(27)37)20-26-11-8-15-39-26/h4-7,9-10,12-13,16-17,19,26H,1,8,11,14-15,20H2,2-3H3/b27-17+. The first-order valence-electron chi connectivity index (χ1n) is 13.2. The van der Waals surface area contributed by atoms with Gasteiger partial charge in [-0.25, -0.2) is 4.68 Å². The molecule has 2 amide bonds. The van der Waals surface area contributed by atoms with Crippen molar-refractivity contribution in [1.82, 2.24) is 14.7 Å². The number of carbonyl (C=O) groups excluding carboxylic acids is 2. The van der Waals surface area contributed by atoms with E-state index < -0.39 is 11.8 Å². The number of imide groups is 1. The molecule has 8 heteroatoms. The van der Waals surface area contributed by atoms with Crippen molar-refractivity contribution >= 4 is 17.9 Å². The van der Waals surface area contributed by atoms with Crippen molar-refractivity contribution in [3.8, 4) is 28.8 Å². The third kappa shape index (κ3) is 5.24. The number of para-hydroxylation sites is 1. The second-order valence-corrected chi connectivity index (χ2v) is 9.82. The normalized spacial score (nSPS) is 18.4. The Morgan fingerprint density at radius 1 is 1.18 bits per heavy atom. The van der Waals surface area contributed by atoms with Crippen LogP contribution >= 0.6 is 0 Å². The number of carbonyl (C=O) groups is 2. The van der Waals surface area contributed by atoms with Gasteiger partial charge in [-0.1, -0.05) is 30.9 Å². The number of hydrogen-bond acceptors (Lipinski definition) is 6. The van der Waals surface area contributed by atoms with E-state index in [0.717, 1.165) is 40.3 Å². The number of nitrogens with zero attached hydrogens (tertiary/aromatic N) is 4. The predicted octanol–water partition coefficient (Wildman–Crippen LogP) is 5.18. The summed E-state index contributed by atoms with van der Waals surface area (Å²) in [6, 6.07) is 17.5. The fourth-order valence-corrected chi connectivity index (χ4v) is 4.98. The van der Waals surface area contributed by atoms with Crippen LogP contribution in [0.5, 0.6) is 5.75 Å². The Kier molecular flexibility index (Phi) is 7.76. The SMILES string of the molecule is C=CCOc1ccc(-c2nn(-c3ccccc3)cc2/C=C2/C(=O)N(CC3CCCO3)C(=O)C(C#N)=C2C)cc1C. The highest BCUT2D eigenvalue weighted by Crippen LogP contribution is 2.33. The number of aryl methyl sites for hydroxylation is 1. The Labute approximate surface area is 233 Å². The lowest BCUT2D eigenvalue weighted by Crippen LogP contribution is -2.46. The summed E-state index contributed by atoms with van der Waals surface area (Å²) in [5, 5.41) is 14.7. The largest absolute Gasteiger partial charge is 0.489 e. The summed E-state index contributed by atoms with van der Waals surface area (Å²) in [6.07, 6.45) is 6.68. The van der Waals surface area contributed by atoms with Gasteiger partial charge in [0.1, 0.15) is 24.0 Å². The number of nitriles is 1. The van der Waals surface area contributed by atoms with E-state index in [1.165, 1.54) is 0 Å². The van der Waals surface area contributed by atoms with Gasteiger partial charge in [0.2, 0.25) is 0 Å². The summed E-state index contributed by atoms with van der Waals surface area (Å²) in [6.45, 7) is 8.42. The topological polar surface area (TPSA) is 97.4 Å². The van der Waals surface area contributed by atoms with Crippen LogP contribution in [0.1, 0.15) is 30.9 Å². The molecule has 202 valence electrons. The molecular formula is C32H30N4O4. The van der Waals surface area contributed by atoms with E-state index in [1.807, 2.05) is 67.7 Å². The summed E-state index contributed by atoms with van der Waals surface area (Å²) in [5.74, 6) is -0.280. The molecule has 1 atom stereocenters. The maximum Gasteiger partial charge on any atom is 0.271 e. The fraction of sp³-hybridized carbons (Fsp3) is 0.250. The van der Waals surface area contributed by atoms with E-state index in [4.69, 9.17) is 14.6 Å². The molecule has 0 spiro atoms. The maximum atomic E-state index is 13.7. The predicted molar refractivity (Wildman–Crippen MR) is 151 cm³/mol. The maximum absolute atomic E-state index is 13.7. The molecule has 0 radical (unpaired) electrons. The number of hydrogen-bond donors (Lipinski definition) is 0. The molecule has 0 saturated carbocycles. The zero-order valence-corrected chi connectivity index (χ0v) is 22.6. The summed E-state index contributed by atoms with van der Waals surface area (Å²) in [7, 11) is 0. The van der Waals surface area contributed by atoms with Gasteiger partial charge in [-0.05, 0) is 74.2 Å². The number of benzene rings is 2. The van der Waals surface area contributed by atoms with Crippen molar-refractivity contribution in [1.29, 1.82) is 5.26 Å². The molecule has 1 saturated heterocycles. The van der Waals surface area contributed by atoms with Crippen molar-refractivity contribution in [3.63, 3.8) is 0 Å². The minimum Gasteiger partial charge on any atom is -0.489 e. The Hall–Kier alpha value is -4.74. The molecule has 40 heavy (non-hydrogen) atoms. The van der Waals surface area contributed by atoms with Crippen molar-refractivity contribution in [2.45, 2.75) is 32.8 Å². The van der Waals surface area contributed by atoms with Gasteiger partial charge in [-0.3, -0.25) is 14.5 Å². The van der Waals surface area contributed by atoms with Gasteiger partial charge in [0.15, 0.2) is 0 Å². The number of rotatable bonds is 8. The van der Waals surface area contributed by atoms with E-state index >= 15 is 0 Å². The quantitative estimate of drug-likeness (QED) is 0.224. The average molecular weight is 535 g/mol. The highest BCUT2D eigenvalue weighted by Gasteiger charge is 2.37. The number of amides is 2. The highest BCUT2D eigenvalue weighted by molar-refractivity contribution is 6.19. The lowest BCUT2D eigenvalue weighted by atomic mass is 9.93. The molecule has 1 unspecified atom stereocenters. The summed E-state index contributed by atoms with van der Waals surface area (Å²) >= 11 is 0. The first-order chi connectivity index (χ1) is 19.4. The lowest BCUT2D eigenvalue weighted by molar-refractivity contribution is -0.142. The second-order valence-electron chi connectivity index (χ2n) is 9.82. The van der Waals surface area contributed by atoms with Crippen LogP contribution in [0.4, 0.5) is 0 Å². The molecule has 2 aliphatic rings. The molecule has 5 rings (SSSR count). The molecule has 0 aliphatic carbocycles. The highest BCUT2D eigenvalue weighted by atomic mass is 16.5. The van der Waals surface area contributed by atoms with Gasteiger partial charge >= 0.3 is 0 Å². The Balaban J connectivity index is 1.62. The van der Waals surface area contributed by atoms with Crippen LogP contribution in [0.3, 0.4) is 0 Å². The molecule has 3 aromatic rings. The van der Waals surface area contributed by atoms with Crippen molar-refractivity contribution in [2.75, 3.05) is 19.8 Å². The van der Waals surface area contributed by atoms with Crippen LogP contribution < -0.4 is 4.74 Å². The van der Waals surface area contributed by atoms with Crippen molar-refractivity contribution in [2.24, 2.45) is 0 Å². The van der Waals surface area contributed by atoms with Crippen molar-refractivity contribution in [3.05, 3.63) is 95.2 Å². The molecular weight excluding hydrogens is 504 g/mol. The molecule has 0 N–H and O–H groups in total.